The van der Waals surface area contributed by atoms with Gasteiger partial charge in [0.1, 0.15) is 17.1 Å². The van der Waals surface area contributed by atoms with E-state index in [1.165, 1.54) is 13.2 Å². The normalized spacial score (nSPS) is 11.2. The van der Waals surface area contributed by atoms with Crippen LogP contribution < -0.4 is 30.9 Å². The van der Waals surface area contributed by atoms with Crippen LogP contribution in [0, 0.1) is 0 Å². The fraction of sp³-hybridized carbons (Fsp3) is 0.150. The molecule has 0 aliphatic carbocycles. The third-order valence-corrected chi connectivity index (χ3v) is 3.94. The number of hydrogen-bond donors (Lipinski definition) is 2. The summed E-state index contributed by atoms with van der Waals surface area (Å²) in [5.74, 6) is 0.305. The van der Waals surface area contributed by atoms with Gasteiger partial charge < -0.3 is 24.4 Å². The highest BCUT2D eigenvalue weighted by Crippen LogP contribution is 2.24. The first-order valence-corrected chi connectivity index (χ1v) is 8.52. The molecule has 0 saturated heterocycles. The third kappa shape index (κ3) is 4.64. The Morgan fingerprint density at radius 3 is 2.45 bits per heavy atom. The number of carbonyl (C=O) groups excluding carboxylic acids is 2. The largest absolute Gasteiger partial charge is 0.497 e. The number of fused-ring (bicyclic) bond motifs is 1. The van der Waals surface area contributed by atoms with Gasteiger partial charge in [0.15, 0.2) is 17.9 Å². The van der Waals surface area contributed by atoms with Crippen LogP contribution in [0.5, 0.6) is 17.2 Å². The van der Waals surface area contributed by atoms with E-state index in [9.17, 15) is 9.59 Å². The van der Waals surface area contributed by atoms with Crippen molar-refractivity contribution in [3.05, 3.63) is 59.6 Å². The SMILES string of the molecule is COc1ccc(OCC(=O)N/N=c2/oc3c(OC)cccc3cc2C(N)=O)cc1. The van der Waals surface area contributed by atoms with Gasteiger partial charge in [0.2, 0.25) is 5.55 Å². The minimum Gasteiger partial charge on any atom is -0.497 e. The highest BCUT2D eigenvalue weighted by Gasteiger charge is 2.12. The minimum atomic E-state index is -0.749. The van der Waals surface area contributed by atoms with Gasteiger partial charge in [-0.15, -0.1) is 5.10 Å². The third-order valence-electron chi connectivity index (χ3n) is 3.94. The van der Waals surface area contributed by atoms with Gasteiger partial charge in [-0.3, -0.25) is 9.59 Å². The standard InChI is InChI=1S/C20H19N3O6/c1-26-13-6-8-14(9-7-13)28-11-17(24)22-23-20-15(19(21)25)10-12-4-3-5-16(27-2)18(12)29-20/h3-10H,11H2,1-2H3,(H2,21,25)(H,22,24)/b23-20+. The van der Waals surface area contributed by atoms with Gasteiger partial charge in [-0.2, -0.15) is 0 Å². The maximum absolute atomic E-state index is 12.0. The van der Waals surface area contributed by atoms with Crippen LogP contribution in [0.2, 0.25) is 0 Å². The van der Waals surface area contributed by atoms with Gasteiger partial charge >= 0.3 is 0 Å². The maximum atomic E-state index is 12.0. The molecule has 1 aromatic heterocycles. The number of nitrogens with two attached hydrogens (primary N) is 1. The average Bonchev–Trinajstić information content (AvgIpc) is 2.75. The molecule has 0 bridgehead atoms. The molecule has 3 rings (SSSR count). The molecule has 9 heteroatoms. The molecule has 0 spiro atoms. The number of para-hydroxylation sites is 1. The number of ether oxygens (including phenoxy) is 3. The van der Waals surface area contributed by atoms with Crippen LogP contribution in [0.1, 0.15) is 10.4 Å². The lowest BCUT2D eigenvalue weighted by atomic mass is 10.1. The van der Waals surface area contributed by atoms with Gasteiger partial charge in [0.05, 0.1) is 14.2 Å². The number of carbonyl (C=O) groups is 2. The molecule has 3 N–H and O–H groups in total. The lowest BCUT2D eigenvalue weighted by Gasteiger charge is -2.07. The highest BCUT2D eigenvalue weighted by atomic mass is 16.5. The Labute approximate surface area is 165 Å². The zero-order chi connectivity index (χ0) is 20.8. The number of rotatable bonds is 7. The Hall–Kier alpha value is -4.01. The first-order chi connectivity index (χ1) is 14.0. The van der Waals surface area contributed by atoms with Crippen molar-refractivity contribution in [1.29, 1.82) is 0 Å². The van der Waals surface area contributed by atoms with Crippen molar-refractivity contribution in [2.24, 2.45) is 10.8 Å². The molecule has 1 heterocycles. The van der Waals surface area contributed by atoms with E-state index in [1.54, 1.807) is 49.6 Å². The number of benzene rings is 2. The van der Waals surface area contributed by atoms with Gasteiger partial charge in [-0.1, -0.05) is 12.1 Å². The summed E-state index contributed by atoms with van der Waals surface area (Å²) in [4.78, 5) is 23.8. The Morgan fingerprint density at radius 2 is 1.79 bits per heavy atom. The number of methoxy groups -OCH3 is 2. The summed E-state index contributed by atoms with van der Waals surface area (Å²) in [6.45, 7) is -0.293. The Balaban J connectivity index is 1.79. The monoisotopic (exact) mass is 397 g/mol. The van der Waals surface area contributed by atoms with Crippen molar-refractivity contribution in [1.82, 2.24) is 5.43 Å². The van der Waals surface area contributed by atoms with Gasteiger partial charge in [-0.05, 0) is 36.4 Å². The van der Waals surface area contributed by atoms with Crippen LogP contribution in [0.3, 0.4) is 0 Å². The summed E-state index contributed by atoms with van der Waals surface area (Å²) in [7, 11) is 3.04. The smallest absolute Gasteiger partial charge is 0.278 e. The molecule has 0 fully saturated rings. The van der Waals surface area contributed by atoms with Crippen LogP contribution in [-0.4, -0.2) is 32.6 Å². The van der Waals surface area contributed by atoms with E-state index >= 15 is 0 Å². The van der Waals surface area contributed by atoms with Crippen molar-refractivity contribution in [3.8, 4) is 17.2 Å². The fourth-order valence-corrected chi connectivity index (χ4v) is 2.51. The van der Waals surface area contributed by atoms with E-state index in [0.29, 0.717) is 28.2 Å². The summed E-state index contributed by atoms with van der Waals surface area (Å²) in [6, 6.07) is 13.4. The van der Waals surface area contributed by atoms with Crippen molar-refractivity contribution >= 4 is 22.8 Å². The van der Waals surface area contributed by atoms with Crippen molar-refractivity contribution in [2.75, 3.05) is 20.8 Å². The van der Waals surface area contributed by atoms with Gasteiger partial charge in [0, 0.05) is 5.39 Å². The quantitative estimate of drug-likeness (QED) is 0.583. The second kappa shape index (κ2) is 8.79. The number of nitrogens with zero attached hydrogens (tertiary/aromatic N) is 1. The molecule has 29 heavy (non-hydrogen) atoms. The lowest BCUT2D eigenvalue weighted by Crippen LogP contribution is -2.29. The number of primary amides is 1. The molecule has 3 aromatic rings. The van der Waals surface area contributed by atoms with Crippen LogP contribution in [0.15, 0.2) is 58.0 Å². The summed E-state index contributed by atoms with van der Waals surface area (Å²) in [5, 5.41) is 4.47. The molecular formula is C20H19N3O6. The second-order valence-corrected chi connectivity index (χ2v) is 5.82. The van der Waals surface area contributed by atoms with E-state index < -0.39 is 11.8 Å². The molecule has 2 aromatic carbocycles. The van der Waals surface area contributed by atoms with Crippen LogP contribution in [0.25, 0.3) is 11.0 Å². The number of hydrogen-bond acceptors (Lipinski definition) is 7. The number of nitrogens with one attached hydrogen (secondary N) is 1. The zero-order valence-electron chi connectivity index (χ0n) is 15.8. The van der Waals surface area contributed by atoms with Gasteiger partial charge in [-0.25, -0.2) is 5.43 Å². The zero-order valence-corrected chi connectivity index (χ0v) is 15.8. The molecule has 0 atom stereocenters. The van der Waals surface area contributed by atoms with Crippen LogP contribution in [0.4, 0.5) is 0 Å². The van der Waals surface area contributed by atoms with E-state index in [2.05, 4.69) is 10.5 Å². The molecule has 0 aliphatic rings. The summed E-state index contributed by atoms with van der Waals surface area (Å²) >= 11 is 0. The first-order valence-electron chi connectivity index (χ1n) is 8.52. The molecule has 0 aliphatic heterocycles. The molecule has 0 saturated carbocycles. The van der Waals surface area contributed by atoms with E-state index in [4.69, 9.17) is 24.4 Å². The average molecular weight is 397 g/mol. The predicted molar refractivity (Wildman–Crippen MR) is 103 cm³/mol. The highest BCUT2D eigenvalue weighted by molar-refractivity contribution is 5.96. The molecule has 2 amide bonds. The van der Waals surface area contributed by atoms with E-state index in [1.807, 2.05) is 0 Å². The summed E-state index contributed by atoms with van der Waals surface area (Å²) in [6.07, 6.45) is 0. The Bertz CT molecular complexity index is 1110. The van der Waals surface area contributed by atoms with E-state index in [0.717, 1.165) is 0 Å². The van der Waals surface area contributed by atoms with Crippen molar-refractivity contribution < 1.29 is 28.2 Å². The van der Waals surface area contributed by atoms with Crippen LogP contribution >= 0.6 is 0 Å². The summed E-state index contributed by atoms with van der Waals surface area (Å²) < 4.78 is 21.3. The predicted octanol–water partition coefficient (Wildman–Crippen LogP) is 1.56. The number of amides is 2. The molecular weight excluding hydrogens is 378 g/mol. The molecule has 0 unspecified atom stereocenters. The summed E-state index contributed by atoms with van der Waals surface area (Å²) in [5.41, 5.74) is 7.92. The molecule has 150 valence electrons. The first kappa shape index (κ1) is 19.7. The van der Waals surface area contributed by atoms with Crippen molar-refractivity contribution in [3.63, 3.8) is 0 Å². The lowest BCUT2D eigenvalue weighted by molar-refractivity contribution is -0.123. The molecule has 0 radical (unpaired) electrons. The topological polar surface area (TPSA) is 125 Å². The van der Waals surface area contributed by atoms with Crippen LogP contribution in [-0.2, 0) is 4.79 Å². The molecule has 9 nitrogen and oxygen atoms in total. The minimum absolute atomic E-state index is 0.0159. The maximum Gasteiger partial charge on any atom is 0.278 e. The van der Waals surface area contributed by atoms with E-state index in [-0.39, 0.29) is 17.7 Å². The van der Waals surface area contributed by atoms with Gasteiger partial charge in [0.25, 0.3) is 11.8 Å². The fourth-order valence-electron chi connectivity index (χ4n) is 2.51. The second-order valence-electron chi connectivity index (χ2n) is 5.82. The Morgan fingerprint density at radius 1 is 1.07 bits per heavy atom. The Kier molecular flexibility index (Phi) is 5.98. The van der Waals surface area contributed by atoms with Crippen molar-refractivity contribution in [2.45, 2.75) is 0 Å².